The summed E-state index contributed by atoms with van der Waals surface area (Å²) in [6.07, 6.45) is -12.2. The predicted octanol–water partition coefficient (Wildman–Crippen LogP) is 6.41. The molecule has 0 spiro atoms. The number of alkyl halides is 7. The number of nitrogens with zero attached hydrogens (tertiary/aromatic N) is 1. The summed E-state index contributed by atoms with van der Waals surface area (Å²) in [5, 5.41) is 0. The van der Waals surface area contributed by atoms with E-state index in [0.29, 0.717) is 17.8 Å². The maximum Gasteiger partial charge on any atom is 0.435 e. The second-order valence-corrected chi connectivity index (χ2v) is 14.9. The highest BCUT2D eigenvalue weighted by atomic mass is 32.2. The molecule has 15 heteroatoms. The van der Waals surface area contributed by atoms with Crippen LogP contribution in [0.25, 0.3) is 0 Å². The van der Waals surface area contributed by atoms with Gasteiger partial charge in [-0.1, -0.05) is 24.3 Å². The fraction of sp³-hybridized carbons (Fsp3) is 0.357. The average molecular weight is 654 g/mol. The molecular formula is C28H23F8NO4S2. The van der Waals surface area contributed by atoms with Crippen LogP contribution in [0.5, 0.6) is 0 Å². The lowest BCUT2D eigenvalue weighted by Gasteiger charge is -2.43. The van der Waals surface area contributed by atoms with Gasteiger partial charge < -0.3 is 4.90 Å². The van der Waals surface area contributed by atoms with Gasteiger partial charge in [-0.2, -0.15) is 26.3 Å². The van der Waals surface area contributed by atoms with Crippen molar-refractivity contribution in [2.75, 3.05) is 17.7 Å². The lowest BCUT2D eigenvalue weighted by atomic mass is 9.76. The highest BCUT2D eigenvalue weighted by Gasteiger charge is 2.73. The van der Waals surface area contributed by atoms with E-state index >= 15 is 0 Å². The van der Waals surface area contributed by atoms with Gasteiger partial charge in [0, 0.05) is 24.1 Å². The van der Waals surface area contributed by atoms with Gasteiger partial charge in [-0.3, -0.25) is 0 Å². The van der Waals surface area contributed by atoms with Crippen LogP contribution in [-0.2, 0) is 36.5 Å². The Labute approximate surface area is 242 Å². The van der Waals surface area contributed by atoms with E-state index in [1.807, 2.05) is 0 Å². The van der Waals surface area contributed by atoms with E-state index in [0.717, 1.165) is 36.6 Å². The van der Waals surface area contributed by atoms with Crippen molar-refractivity contribution in [3.8, 4) is 0 Å². The van der Waals surface area contributed by atoms with E-state index in [-0.39, 0.29) is 46.7 Å². The first-order valence-corrected chi connectivity index (χ1v) is 16.2. The zero-order valence-electron chi connectivity index (χ0n) is 22.2. The van der Waals surface area contributed by atoms with Gasteiger partial charge in [0.2, 0.25) is 0 Å². The number of benzene rings is 3. The van der Waals surface area contributed by atoms with Crippen molar-refractivity contribution in [2.45, 2.75) is 57.9 Å². The van der Waals surface area contributed by atoms with Crippen LogP contribution < -0.4 is 4.90 Å². The van der Waals surface area contributed by atoms with Gasteiger partial charge >= 0.3 is 18.0 Å². The number of sulfone groups is 2. The lowest BCUT2D eigenvalue weighted by molar-refractivity contribution is -0.348. The van der Waals surface area contributed by atoms with Crippen LogP contribution in [0.2, 0.25) is 0 Å². The van der Waals surface area contributed by atoms with E-state index < -0.39 is 59.9 Å². The SMILES string of the molecule is CS(=O)(=O)c1cccc(N2CC[C@@]3(S(=O)(=O)c4ccc(F)cc4)c4ccc(C(F)(C(F)(F)F)C(F)(F)F)cc4CCC23)c1. The second kappa shape index (κ2) is 9.91. The van der Waals surface area contributed by atoms with Crippen molar-refractivity contribution in [3.63, 3.8) is 0 Å². The van der Waals surface area contributed by atoms with Crippen LogP contribution in [-0.4, -0.2) is 48.0 Å². The molecule has 232 valence electrons. The largest absolute Gasteiger partial charge is 0.435 e. The number of hydrogen-bond donors (Lipinski definition) is 0. The molecule has 43 heavy (non-hydrogen) atoms. The first kappa shape index (κ1) is 31.2. The second-order valence-electron chi connectivity index (χ2n) is 10.6. The predicted molar refractivity (Wildman–Crippen MR) is 140 cm³/mol. The smallest absolute Gasteiger partial charge is 0.366 e. The van der Waals surface area contributed by atoms with E-state index in [4.69, 9.17) is 0 Å². The Morgan fingerprint density at radius 2 is 1.44 bits per heavy atom. The zero-order chi connectivity index (χ0) is 31.8. The molecule has 0 aromatic heterocycles. The number of aryl methyl sites for hydroxylation is 1. The summed E-state index contributed by atoms with van der Waals surface area (Å²) in [6, 6.07) is 10.1. The molecule has 1 aliphatic carbocycles. The molecule has 1 fully saturated rings. The molecule has 0 N–H and O–H groups in total. The lowest BCUT2D eigenvalue weighted by Crippen LogP contribution is -2.52. The topological polar surface area (TPSA) is 71.5 Å². The van der Waals surface area contributed by atoms with Gasteiger partial charge in [0.15, 0.2) is 19.7 Å². The van der Waals surface area contributed by atoms with Crippen molar-refractivity contribution in [3.05, 3.63) is 89.2 Å². The molecule has 1 aliphatic heterocycles. The van der Waals surface area contributed by atoms with E-state index in [1.165, 1.54) is 18.2 Å². The molecule has 3 aromatic rings. The molecule has 5 rings (SSSR count). The van der Waals surface area contributed by atoms with Crippen molar-refractivity contribution in [1.82, 2.24) is 0 Å². The number of halogens is 8. The van der Waals surface area contributed by atoms with Crippen LogP contribution in [0.3, 0.4) is 0 Å². The van der Waals surface area contributed by atoms with Crippen molar-refractivity contribution in [1.29, 1.82) is 0 Å². The third-order valence-corrected chi connectivity index (χ3v) is 11.9. The summed E-state index contributed by atoms with van der Waals surface area (Å²) >= 11 is 0. The fourth-order valence-electron chi connectivity index (χ4n) is 6.26. The van der Waals surface area contributed by atoms with Gasteiger partial charge in [-0.05, 0) is 72.9 Å². The summed E-state index contributed by atoms with van der Waals surface area (Å²) in [6.45, 7) is 0.0116. The Morgan fingerprint density at radius 3 is 2.02 bits per heavy atom. The van der Waals surface area contributed by atoms with E-state index in [9.17, 15) is 52.0 Å². The molecule has 0 radical (unpaired) electrons. The Kier molecular flexibility index (Phi) is 7.20. The molecule has 1 saturated heterocycles. The number of rotatable bonds is 5. The van der Waals surface area contributed by atoms with Gasteiger partial charge in [0.25, 0.3) is 0 Å². The maximum absolute atomic E-state index is 15.0. The molecule has 1 unspecified atom stereocenters. The molecule has 2 aliphatic rings. The van der Waals surface area contributed by atoms with Gasteiger partial charge in [-0.15, -0.1) is 0 Å². The first-order chi connectivity index (χ1) is 19.7. The normalized spacial score (nSPS) is 21.4. The van der Waals surface area contributed by atoms with Crippen molar-refractivity contribution in [2.24, 2.45) is 0 Å². The average Bonchev–Trinajstić information content (AvgIpc) is 3.33. The van der Waals surface area contributed by atoms with E-state index in [1.54, 1.807) is 11.0 Å². The van der Waals surface area contributed by atoms with Gasteiger partial charge in [-0.25, -0.2) is 25.6 Å². The van der Waals surface area contributed by atoms with Crippen LogP contribution in [0.4, 0.5) is 40.8 Å². The van der Waals surface area contributed by atoms with Crippen LogP contribution in [0.1, 0.15) is 29.5 Å². The third kappa shape index (κ3) is 4.69. The van der Waals surface area contributed by atoms with Crippen molar-refractivity contribution >= 4 is 25.4 Å². The highest BCUT2D eigenvalue weighted by molar-refractivity contribution is 7.92. The molecule has 1 heterocycles. The van der Waals surface area contributed by atoms with Crippen molar-refractivity contribution < 1.29 is 52.0 Å². The minimum Gasteiger partial charge on any atom is -0.366 e. The Bertz CT molecular complexity index is 1770. The Balaban J connectivity index is 1.73. The van der Waals surface area contributed by atoms with Gasteiger partial charge in [0.05, 0.1) is 15.8 Å². The summed E-state index contributed by atoms with van der Waals surface area (Å²) in [7, 11) is -8.21. The highest BCUT2D eigenvalue weighted by Crippen LogP contribution is 2.57. The third-order valence-electron chi connectivity index (χ3n) is 8.25. The maximum atomic E-state index is 15.0. The van der Waals surface area contributed by atoms with E-state index in [2.05, 4.69) is 0 Å². The Morgan fingerprint density at radius 1 is 0.814 bits per heavy atom. The minimum absolute atomic E-state index is 0.0116. The summed E-state index contributed by atoms with van der Waals surface area (Å²) in [5.74, 6) is -0.745. The summed E-state index contributed by atoms with van der Waals surface area (Å²) < 4.78 is 161. The fourth-order valence-corrected chi connectivity index (χ4v) is 9.28. The summed E-state index contributed by atoms with van der Waals surface area (Å²) in [5.41, 5.74) is -7.41. The molecule has 0 amide bonds. The minimum atomic E-state index is -6.36. The molecule has 0 bridgehead atoms. The number of hydrogen-bond acceptors (Lipinski definition) is 5. The number of anilines is 1. The molecule has 2 atom stereocenters. The van der Waals surface area contributed by atoms with Gasteiger partial charge in [0.1, 0.15) is 10.6 Å². The Hall–Kier alpha value is -3.20. The quantitative estimate of drug-likeness (QED) is 0.235. The van der Waals surface area contributed by atoms with Crippen LogP contribution >= 0.6 is 0 Å². The molecule has 5 nitrogen and oxygen atoms in total. The zero-order valence-corrected chi connectivity index (χ0v) is 23.8. The van der Waals surface area contributed by atoms with Crippen LogP contribution in [0, 0.1) is 5.82 Å². The number of fused-ring (bicyclic) bond motifs is 3. The van der Waals surface area contributed by atoms with Crippen LogP contribution in [0.15, 0.2) is 76.5 Å². The molecule has 3 aromatic carbocycles. The first-order valence-electron chi connectivity index (χ1n) is 12.8. The summed E-state index contributed by atoms with van der Waals surface area (Å²) in [4.78, 5) is 1.24. The monoisotopic (exact) mass is 653 g/mol. The molecule has 0 saturated carbocycles. The molecular weight excluding hydrogens is 630 g/mol. The standard InChI is InChI=1S/C28H23F8NO4S2/c1-42(38,39)22-4-2-3-20(16-22)37-14-13-25(43(40,41)21-9-7-19(29)8-10-21)23-11-6-18(15-17(23)5-12-24(25)37)26(30,27(31,32)33)28(34,35)36/h2-4,6-11,15-16,24H,5,12-14H2,1H3/t24?,25-/m1/s1.